The third-order valence-corrected chi connectivity index (χ3v) is 3.94. The number of pyridine rings is 1. The summed E-state index contributed by atoms with van der Waals surface area (Å²) in [4.78, 5) is 30.4. The van der Waals surface area contributed by atoms with Crippen molar-refractivity contribution in [3.8, 4) is 0 Å². The Bertz CT molecular complexity index is 776. The van der Waals surface area contributed by atoms with E-state index in [1.807, 2.05) is 0 Å². The van der Waals surface area contributed by atoms with Crippen LogP contribution < -0.4 is 5.32 Å². The Morgan fingerprint density at radius 2 is 1.88 bits per heavy atom. The van der Waals surface area contributed by atoms with Gasteiger partial charge in [0.1, 0.15) is 5.82 Å². The number of aromatic nitrogens is 1. The van der Waals surface area contributed by atoms with Crippen LogP contribution in [0.1, 0.15) is 26.3 Å². The lowest BCUT2D eigenvalue weighted by Crippen LogP contribution is -2.40. The number of rotatable bonds is 4. The summed E-state index contributed by atoms with van der Waals surface area (Å²) in [7, 11) is 0. The highest BCUT2D eigenvalue weighted by Gasteiger charge is 2.20. The number of ether oxygens (including phenoxy) is 1. The Kier molecular flexibility index (Phi) is 5.35. The van der Waals surface area contributed by atoms with Crippen LogP contribution in [-0.4, -0.2) is 48.0 Å². The molecule has 6 nitrogen and oxygen atoms in total. The Hall–Kier alpha value is -2.80. The quantitative estimate of drug-likeness (QED) is 0.916. The molecule has 7 heteroatoms. The first-order valence-electron chi connectivity index (χ1n) is 7.99. The maximum absolute atomic E-state index is 13.6. The van der Waals surface area contributed by atoms with Gasteiger partial charge < -0.3 is 15.0 Å². The first kappa shape index (κ1) is 17.0. The van der Waals surface area contributed by atoms with Gasteiger partial charge in [0.25, 0.3) is 11.8 Å². The second-order valence-corrected chi connectivity index (χ2v) is 5.64. The van der Waals surface area contributed by atoms with E-state index in [1.54, 1.807) is 23.1 Å². The van der Waals surface area contributed by atoms with Crippen molar-refractivity contribution in [2.45, 2.75) is 6.54 Å². The predicted octanol–water partition coefficient (Wildman–Crippen LogP) is 1.62. The van der Waals surface area contributed by atoms with Crippen molar-refractivity contribution in [1.82, 2.24) is 15.2 Å². The molecule has 0 aliphatic carbocycles. The minimum absolute atomic E-state index is 0.0626. The van der Waals surface area contributed by atoms with E-state index in [4.69, 9.17) is 4.74 Å². The van der Waals surface area contributed by atoms with Crippen LogP contribution in [0.3, 0.4) is 0 Å². The molecule has 0 atom stereocenters. The fourth-order valence-corrected chi connectivity index (χ4v) is 2.55. The number of hydrogen-bond donors (Lipinski definition) is 1. The summed E-state index contributed by atoms with van der Waals surface area (Å²) in [5.74, 6) is -0.968. The van der Waals surface area contributed by atoms with Gasteiger partial charge in [0.05, 0.1) is 24.3 Å². The predicted molar refractivity (Wildman–Crippen MR) is 88.5 cm³/mol. The molecule has 0 spiro atoms. The number of nitrogens with one attached hydrogen (secondary N) is 1. The average molecular weight is 343 g/mol. The van der Waals surface area contributed by atoms with Crippen molar-refractivity contribution < 1.29 is 18.7 Å². The molecule has 1 fully saturated rings. The van der Waals surface area contributed by atoms with Crippen molar-refractivity contribution in [3.63, 3.8) is 0 Å². The Labute approximate surface area is 144 Å². The van der Waals surface area contributed by atoms with Gasteiger partial charge in [-0.3, -0.25) is 14.6 Å². The van der Waals surface area contributed by atoms with E-state index in [-0.39, 0.29) is 23.8 Å². The number of hydrogen-bond acceptors (Lipinski definition) is 4. The summed E-state index contributed by atoms with van der Waals surface area (Å²) in [6.45, 7) is 2.10. The number of morpholine rings is 1. The second kappa shape index (κ2) is 7.85. The maximum atomic E-state index is 13.6. The van der Waals surface area contributed by atoms with Crippen LogP contribution in [0.25, 0.3) is 0 Å². The summed E-state index contributed by atoms with van der Waals surface area (Å²) in [6.07, 6.45) is 2.82. The zero-order valence-corrected chi connectivity index (χ0v) is 13.6. The highest BCUT2D eigenvalue weighted by atomic mass is 19.1. The molecule has 130 valence electrons. The molecular weight excluding hydrogens is 325 g/mol. The minimum atomic E-state index is -0.410. The smallest absolute Gasteiger partial charge is 0.255 e. The fourth-order valence-electron chi connectivity index (χ4n) is 2.55. The summed E-state index contributed by atoms with van der Waals surface area (Å²) in [5.41, 5.74) is 1.00. The zero-order chi connectivity index (χ0) is 17.6. The molecule has 2 heterocycles. The molecule has 0 bridgehead atoms. The van der Waals surface area contributed by atoms with Crippen LogP contribution in [0.4, 0.5) is 4.39 Å². The van der Waals surface area contributed by atoms with Gasteiger partial charge in [-0.2, -0.15) is 0 Å². The van der Waals surface area contributed by atoms with Gasteiger partial charge in [-0.15, -0.1) is 0 Å². The molecule has 2 amide bonds. The molecule has 1 N–H and O–H groups in total. The first-order chi connectivity index (χ1) is 12.1. The average Bonchev–Trinajstić information content (AvgIpc) is 2.67. The van der Waals surface area contributed by atoms with Gasteiger partial charge in [-0.25, -0.2) is 4.39 Å². The summed E-state index contributed by atoms with van der Waals surface area (Å²) >= 11 is 0. The Morgan fingerprint density at radius 1 is 1.16 bits per heavy atom. The van der Waals surface area contributed by atoms with Crippen molar-refractivity contribution in [2.24, 2.45) is 0 Å². The van der Waals surface area contributed by atoms with Gasteiger partial charge in [0.15, 0.2) is 0 Å². The molecule has 1 aromatic heterocycles. The molecule has 0 unspecified atom stereocenters. The van der Waals surface area contributed by atoms with Crippen LogP contribution in [0.15, 0.2) is 42.7 Å². The zero-order valence-electron chi connectivity index (χ0n) is 13.6. The molecule has 1 saturated heterocycles. The highest BCUT2D eigenvalue weighted by Crippen LogP contribution is 2.10. The fraction of sp³-hybridized carbons (Fsp3) is 0.278. The number of nitrogens with zero attached hydrogens (tertiary/aromatic N) is 2. The topological polar surface area (TPSA) is 71.5 Å². The van der Waals surface area contributed by atoms with E-state index in [0.29, 0.717) is 37.4 Å². The summed E-state index contributed by atoms with van der Waals surface area (Å²) in [5, 5.41) is 2.64. The molecule has 1 aliphatic heterocycles. The number of benzene rings is 1. The van der Waals surface area contributed by atoms with Gasteiger partial charge in [0.2, 0.25) is 0 Å². The molecule has 1 aliphatic rings. The lowest BCUT2D eigenvalue weighted by Gasteiger charge is -2.26. The van der Waals surface area contributed by atoms with Crippen LogP contribution in [0, 0.1) is 5.82 Å². The van der Waals surface area contributed by atoms with Crippen LogP contribution in [-0.2, 0) is 11.3 Å². The lowest BCUT2D eigenvalue weighted by atomic mass is 10.1. The molecule has 1 aromatic carbocycles. The summed E-state index contributed by atoms with van der Waals surface area (Å²) in [6, 6.07) is 7.73. The molecule has 3 rings (SSSR count). The van der Waals surface area contributed by atoms with Gasteiger partial charge in [-0.1, -0.05) is 18.2 Å². The van der Waals surface area contributed by atoms with Crippen molar-refractivity contribution in [2.75, 3.05) is 26.3 Å². The SMILES string of the molecule is O=C(NCc1ccccc1F)c1cncc(C(=O)N2CCOCC2)c1. The van der Waals surface area contributed by atoms with Crippen molar-refractivity contribution >= 4 is 11.8 Å². The third kappa shape index (κ3) is 4.19. The lowest BCUT2D eigenvalue weighted by molar-refractivity contribution is 0.0302. The van der Waals surface area contributed by atoms with E-state index < -0.39 is 5.91 Å². The van der Waals surface area contributed by atoms with E-state index in [0.717, 1.165) is 0 Å². The largest absolute Gasteiger partial charge is 0.378 e. The van der Waals surface area contributed by atoms with Gasteiger partial charge >= 0.3 is 0 Å². The second-order valence-electron chi connectivity index (χ2n) is 5.64. The highest BCUT2D eigenvalue weighted by molar-refractivity contribution is 5.99. The normalized spacial score (nSPS) is 14.2. The Morgan fingerprint density at radius 3 is 2.64 bits per heavy atom. The van der Waals surface area contributed by atoms with Crippen molar-refractivity contribution in [1.29, 1.82) is 0 Å². The monoisotopic (exact) mass is 343 g/mol. The molecule has 0 radical (unpaired) electrons. The van der Waals surface area contributed by atoms with E-state index in [2.05, 4.69) is 10.3 Å². The Balaban J connectivity index is 1.67. The van der Waals surface area contributed by atoms with Gasteiger partial charge in [0, 0.05) is 37.6 Å². The maximum Gasteiger partial charge on any atom is 0.255 e. The van der Waals surface area contributed by atoms with E-state index in [1.165, 1.54) is 24.5 Å². The first-order valence-corrected chi connectivity index (χ1v) is 7.99. The number of carbonyl (C=O) groups excluding carboxylic acids is 2. The van der Waals surface area contributed by atoms with Gasteiger partial charge in [-0.05, 0) is 12.1 Å². The third-order valence-electron chi connectivity index (χ3n) is 3.94. The number of amides is 2. The van der Waals surface area contributed by atoms with Crippen LogP contribution >= 0.6 is 0 Å². The molecule has 25 heavy (non-hydrogen) atoms. The van der Waals surface area contributed by atoms with E-state index >= 15 is 0 Å². The molecule has 2 aromatic rings. The molecule has 0 saturated carbocycles. The van der Waals surface area contributed by atoms with E-state index in [9.17, 15) is 14.0 Å². The standard InChI is InChI=1S/C18H18FN3O3/c19-16-4-2-1-3-13(16)12-21-17(23)14-9-15(11-20-10-14)18(24)22-5-7-25-8-6-22/h1-4,9-11H,5-8,12H2,(H,21,23). The molecular formula is C18H18FN3O3. The van der Waals surface area contributed by atoms with Crippen LogP contribution in [0.2, 0.25) is 0 Å². The summed E-state index contributed by atoms with van der Waals surface area (Å²) < 4.78 is 18.8. The van der Waals surface area contributed by atoms with Crippen LogP contribution in [0.5, 0.6) is 0 Å². The number of halogens is 1. The number of carbonyl (C=O) groups is 2. The minimum Gasteiger partial charge on any atom is -0.378 e. The van der Waals surface area contributed by atoms with Crippen molar-refractivity contribution in [3.05, 3.63) is 65.2 Å².